The Bertz CT molecular complexity index is 761. The third-order valence-electron chi connectivity index (χ3n) is 7.89. The molecule has 5 atom stereocenters. The molecule has 1 aromatic rings. The lowest BCUT2D eigenvalue weighted by molar-refractivity contribution is -0.0642. The minimum atomic E-state index is -0.775. The van der Waals surface area contributed by atoms with E-state index in [9.17, 15) is 10.2 Å². The molecule has 5 heteroatoms. The number of nitrogens with one attached hydrogen (secondary N) is 1. The molecule has 0 saturated heterocycles. The molecule has 3 rings (SSSR count). The summed E-state index contributed by atoms with van der Waals surface area (Å²) in [5.74, 6) is 0.979. The molecule has 2 fully saturated rings. The van der Waals surface area contributed by atoms with Crippen LogP contribution in [0, 0.1) is 17.8 Å². The summed E-state index contributed by atoms with van der Waals surface area (Å²) >= 11 is 0. The van der Waals surface area contributed by atoms with Crippen LogP contribution < -0.4 is 11.1 Å². The van der Waals surface area contributed by atoms with Crippen LogP contribution in [0.1, 0.15) is 63.9 Å². The van der Waals surface area contributed by atoms with Crippen molar-refractivity contribution in [2.75, 3.05) is 13.6 Å². The van der Waals surface area contributed by atoms with Gasteiger partial charge in [0.1, 0.15) is 0 Å². The van der Waals surface area contributed by atoms with Crippen LogP contribution in [0.5, 0.6) is 0 Å². The van der Waals surface area contributed by atoms with Gasteiger partial charge in [-0.2, -0.15) is 0 Å². The molecule has 0 radical (unpaired) electrons. The number of aliphatic imine (C=N–C) groups is 1. The molecule has 0 unspecified atom stereocenters. The number of benzene rings is 1. The van der Waals surface area contributed by atoms with Crippen molar-refractivity contribution in [3.05, 3.63) is 48.0 Å². The van der Waals surface area contributed by atoms with Crippen LogP contribution in [-0.4, -0.2) is 41.0 Å². The van der Waals surface area contributed by atoms with Crippen LogP contribution in [-0.2, 0) is 6.42 Å². The van der Waals surface area contributed by atoms with E-state index in [2.05, 4.69) is 47.2 Å². The summed E-state index contributed by atoms with van der Waals surface area (Å²) in [6, 6.07) is 10.6. The molecule has 31 heavy (non-hydrogen) atoms. The second-order valence-corrected chi connectivity index (χ2v) is 9.97. The highest BCUT2D eigenvalue weighted by Crippen LogP contribution is 2.54. The Morgan fingerprint density at radius 1 is 1.19 bits per heavy atom. The van der Waals surface area contributed by atoms with E-state index >= 15 is 0 Å². The fourth-order valence-corrected chi connectivity index (χ4v) is 5.91. The van der Waals surface area contributed by atoms with E-state index in [1.54, 1.807) is 7.05 Å². The lowest BCUT2D eigenvalue weighted by Crippen LogP contribution is -2.44. The summed E-state index contributed by atoms with van der Waals surface area (Å²) in [5.41, 5.74) is 6.90. The average molecular weight is 428 g/mol. The van der Waals surface area contributed by atoms with Gasteiger partial charge in [0.05, 0.1) is 11.2 Å². The molecule has 1 aromatic carbocycles. The highest BCUT2D eigenvalue weighted by molar-refractivity contribution is 5.77. The van der Waals surface area contributed by atoms with Crippen LogP contribution in [0.25, 0.3) is 0 Å². The molecule has 2 saturated carbocycles. The Balaban J connectivity index is 1.63. The zero-order chi connectivity index (χ0) is 22.5. The normalized spacial score (nSPS) is 33.5. The van der Waals surface area contributed by atoms with Crippen LogP contribution in [0.4, 0.5) is 0 Å². The predicted octanol–water partition coefficient (Wildman–Crippen LogP) is 3.80. The zero-order valence-corrected chi connectivity index (χ0v) is 19.3. The number of nitrogens with two attached hydrogens (primary N) is 1. The van der Waals surface area contributed by atoms with Crippen molar-refractivity contribution in [1.82, 2.24) is 5.32 Å². The largest absolute Gasteiger partial charge is 0.390 e. The van der Waals surface area contributed by atoms with Gasteiger partial charge in [0, 0.05) is 13.6 Å². The Hall–Kier alpha value is -1.85. The Kier molecular flexibility index (Phi) is 7.82. The molecule has 0 aromatic heterocycles. The fourth-order valence-electron chi connectivity index (χ4n) is 5.91. The number of rotatable bonds is 8. The molecule has 0 spiro atoms. The molecule has 0 bridgehead atoms. The number of nitrogens with zero attached hydrogens (tertiary/aromatic N) is 1. The van der Waals surface area contributed by atoms with Gasteiger partial charge in [-0.25, -0.2) is 0 Å². The SMILES string of the molecule is C=C(CCCc1ccccc1)[C@H]1CC[C@@](C)(O)[C@H]2CC[C@@](O)(CCNC(N)=NC)[C@H]2C1. The molecule has 2 aliphatic carbocycles. The average Bonchev–Trinajstić information content (AvgIpc) is 3.00. The summed E-state index contributed by atoms with van der Waals surface area (Å²) in [7, 11) is 1.65. The van der Waals surface area contributed by atoms with Crippen molar-refractivity contribution < 1.29 is 10.2 Å². The lowest BCUT2D eigenvalue weighted by Gasteiger charge is -2.37. The number of hydrogen-bond donors (Lipinski definition) is 4. The van der Waals surface area contributed by atoms with E-state index in [4.69, 9.17) is 5.73 Å². The van der Waals surface area contributed by atoms with Gasteiger partial charge in [0.2, 0.25) is 0 Å². The minimum Gasteiger partial charge on any atom is -0.390 e. The van der Waals surface area contributed by atoms with Crippen molar-refractivity contribution in [2.24, 2.45) is 28.5 Å². The molecule has 5 N–H and O–H groups in total. The van der Waals surface area contributed by atoms with E-state index in [0.29, 0.717) is 24.8 Å². The van der Waals surface area contributed by atoms with Gasteiger partial charge < -0.3 is 21.3 Å². The first-order chi connectivity index (χ1) is 14.7. The predicted molar refractivity (Wildman–Crippen MR) is 128 cm³/mol. The van der Waals surface area contributed by atoms with E-state index in [1.165, 1.54) is 11.1 Å². The summed E-state index contributed by atoms with van der Waals surface area (Å²) in [6.45, 7) is 7.01. The molecule has 0 amide bonds. The van der Waals surface area contributed by atoms with Gasteiger partial charge in [-0.1, -0.05) is 42.5 Å². The second-order valence-electron chi connectivity index (χ2n) is 9.97. The highest BCUT2D eigenvalue weighted by Gasteiger charge is 2.54. The van der Waals surface area contributed by atoms with Gasteiger partial charge in [0.15, 0.2) is 5.96 Å². The van der Waals surface area contributed by atoms with Crippen molar-refractivity contribution in [3.63, 3.8) is 0 Å². The number of aryl methyl sites for hydroxylation is 1. The van der Waals surface area contributed by atoms with E-state index in [1.807, 2.05) is 6.92 Å². The van der Waals surface area contributed by atoms with Crippen molar-refractivity contribution in [2.45, 2.75) is 75.9 Å². The zero-order valence-electron chi connectivity index (χ0n) is 19.3. The number of fused-ring (bicyclic) bond motifs is 1. The number of guanidine groups is 1. The summed E-state index contributed by atoms with van der Waals surface area (Å²) in [5, 5.41) is 25.9. The Morgan fingerprint density at radius 2 is 1.94 bits per heavy atom. The van der Waals surface area contributed by atoms with Gasteiger partial charge in [-0.15, -0.1) is 0 Å². The third-order valence-corrected chi connectivity index (χ3v) is 7.89. The first-order valence-corrected chi connectivity index (χ1v) is 11.9. The van der Waals surface area contributed by atoms with Gasteiger partial charge >= 0.3 is 0 Å². The van der Waals surface area contributed by atoms with Gasteiger partial charge in [-0.05, 0) is 88.0 Å². The number of aliphatic hydroxyl groups is 2. The maximum absolute atomic E-state index is 11.6. The maximum Gasteiger partial charge on any atom is 0.188 e. The van der Waals surface area contributed by atoms with E-state index in [0.717, 1.165) is 51.4 Å². The number of hydrogen-bond acceptors (Lipinski definition) is 3. The Morgan fingerprint density at radius 3 is 2.65 bits per heavy atom. The van der Waals surface area contributed by atoms with Crippen molar-refractivity contribution in [3.8, 4) is 0 Å². The lowest BCUT2D eigenvalue weighted by atomic mass is 9.74. The van der Waals surface area contributed by atoms with Crippen molar-refractivity contribution in [1.29, 1.82) is 0 Å². The highest BCUT2D eigenvalue weighted by atomic mass is 16.3. The van der Waals surface area contributed by atoms with E-state index < -0.39 is 11.2 Å². The van der Waals surface area contributed by atoms with Gasteiger partial charge in [0.25, 0.3) is 0 Å². The van der Waals surface area contributed by atoms with Crippen LogP contribution in [0.2, 0.25) is 0 Å². The summed E-state index contributed by atoms with van der Waals surface area (Å²) < 4.78 is 0. The first-order valence-electron chi connectivity index (χ1n) is 11.9. The second kappa shape index (κ2) is 10.2. The Labute approximate surface area is 187 Å². The monoisotopic (exact) mass is 427 g/mol. The van der Waals surface area contributed by atoms with E-state index in [-0.39, 0.29) is 11.8 Å². The molecule has 2 aliphatic rings. The minimum absolute atomic E-state index is 0.0856. The summed E-state index contributed by atoms with van der Waals surface area (Å²) in [4.78, 5) is 3.93. The molecule has 5 nitrogen and oxygen atoms in total. The smallest absolute Gasteiger partial charge is 0.188 e. The number of allylic oxidation sites excluding steroid dienone is 1. The molecule has 0 aliphatic heterocycles. The standard InChI is InChI=1S/C26H41N3O2/c1-19(8-7-11-20-9-5-4-6-10-20)21-12-14-25(2,30)22-13-15-26(31,23(22)18-21)16-17-29-24(27)28-3/h4-6,9-10,21-23,30-31H,1,7-8,11-18H2,2-3H3,(H3,27,28,29)/t21-,22-,23-,25+,26+/m0/s1. The molecule has 172 valence electrons. The van der Waals surface area contributed by atoms with Crippen molar-refractivity contribution >= 4 is 5.96 Å². The topological polar surface area (TPSA) is 90.9 Å². The molecule has 0 heterocycles. The van der Waals surface area contributed by atoms with Gasteiger partial charge in [-0.3, -0.25) is 4.99 Å². The van der Waals surface area contributed by atoms with Crippen LogP contribution in [0.3, 0.4) is 0 Å². The molecular weight excluding hydrogens is 386 g/mol. The molecular formula is C26H41N3O2. The van der Waals surface area contributed by atoms with Crippen LogP contribution in [0.15, 0.2) is 47.5 Å². The summed E-state index contributed by atoms with van der Waals surface area (Å²) in [6.07, 6.45) is 8.03. The third kappa shape index (κ3) is 5.89. The first kappa shape index (κ1) is 23.8. The fraction of sp³-hybridized carbons (Fsp3) is 0.654. The van der Waals surface area contributed by atoms with Crippen LogP contribution >= 0.6 is 0 Å². The maximum atomic E-state index is 11.6. The quantitative estimate of drug-likeness (QED) is 0.289.